The van der Waals surface area contributed by atoms with Gasteiger partial charge in [-0.15, -0.1) is 0 Å². The molecule has 0 aliphatic carbocycles. The SMILES string of the molecule is CC(COC(=O)c1cc(-n2c(=O)n(C)c(=S)n(C)c2=O)c(Cl)cc1Cl)=NOCc1ccccc1. The number of nitrogens with zero attached hydrogens (tertiary/aromatic N) is 4. The second kappa shape index (κ2) is 10.8. The van der Waals surface area contributed by atoms with Crippen LogP contribution in [-0.2, 0) is 30.3 Å². The lowest BCUT2D eigenvalue weighted by molar-refractivity contribution is 0.0555. The van der Waals surface area contributed by atoms with Crippen molar-refractivity contribution < 1.29 is 14.4 Å². The first-order chi connectivity index (χ1) is 16.1. The minimum atomic E-state index is -0.797. The van der Waals surface area contributed by atoms with E-state index in [1.165, 1.54) is 26.2 Å². The molecule has 3 aromatic rings. The fraction of sp³-hybridized carbons (Fsp3) is 0.227. The van der Waals surface area contributed by atoms with Crippen LogP contribution in [0.1, 0.15) is 22.8 Å². The molecular formula is C22H20Cl2N4O5S. The van der Waals surface area contributed by atoms with Gasteiger partial charge in [-0.25, -0.2) is 19.0 Å². The van der Waals surface area contributed by atoms with Crippen LogP contribution < -0.4 is 11.4 Å². The molecular weight excluding hydrogens is 503 g/mol. The zero-order chi connectivity index (χ0) is 25.0. The van der Waals surface area contributed by atoms with Crippen molar-refractivity contribution in [1.82, 2.24) is 13.7 Å². The average molecular weight is 523 g/mol. The van der Waals surface area contributed by atoms with E-state index in [1.54, 1.807) is 6.92 Å². The van der Waals surface area contributed by atoms with Crippen LogP contribution in [0.2, 0.25) is 10.0 Å². The van der Waals surface area contributed by atoms with Gasteiger partial charge in [-0.05, 0) is 36.8 Å². The first-order valence-electron chi connectivity index (χ1n) is 9.86. The van der Waals surface area contributed by atoms with Crippen LogP contribution in [0.15, 0.2) is 57.2 Å². The van der Waals surface area contributed by atoms with Crippen LogP contribution in [0.5, 0.6) is 0 Å². The summed E-state index contributed by atoms with van der Waals surface area (Å²) >= 11 is 17.5. The molecule has 2 aromatic carbocycles. The molecule has 0 atom stereocenters. The predicted octanol–water partition coefficient (Wildman–Crippen LogP) is 3.66. The molecule has 0 saturated carbocycles. The van der Waals surface area contributed by atoms with E-state index in [4.69, 9.17) is 45.0 Å². The minimum Gasteiger partial charge on any atom is -0.456 e. The third-order valence-electron chi connectivity index (χ3n) is 4.73. The van der Waals surface area contributed by atoms with Crippen LogP contribution in [0.4, 0.5) is 0 Å². The van der Waals surface area contributed by atoms with Crippen molar-refractivity contribution >= 4 is 47.1 Å². The van der Waals surface area contributed by atoms with E-state index in [9.17, 15) is 14.4 Å². The molecule has 9 nitrogen and oxygen atoms in total. The van der Waals surface area contributed by atoms with E-state index >= 15 is 0 Å². The summed E-state index contributed by atoms with van der Waals surface area (Å²) in [5.74, 6) is -0.797. The van der Waals surface area contributed by atoms with Crippen molar-refractivity contribution in [2.75, 3.05) is 6.61 Å². The Labute approximate surface area is 209 Å². The number of hydrogen-bond acceptors (Lipinski definition) is 7. The lowest BCUT2D eigenvalue weighted by Crippen LogP contribution is -2.43. The summed E-state index contributed by atoms with van der Waals surface area (Å²) in [6, 6.07) is 11.9. The van der Waals surface area contributed by atoms with E-state index in [2.05, 4.69) is 5.16 Å². The Morgan fingerprint density at radius 1 is 1.03 bits per heavy atom. The van der Waals surface area contributed by atoms with Gasteiger partial charge in [0.1, 0.15) is 13.2 Å². The Morgan fingerprint density at radius 2 is 1.65 bits per heavy atom. The van der Waals surface area contributed by atoms with Gasteiger partial charge in [0.05, 0.1) is 27.0 Å². The van der Waals surface area contributed by atoms with Gasteiger partial charge in [0.25, 0.3) is 0 Å². The average Bonchev–Trinajstić information content (AvgIpc) is 2.82. The molecule has 0 radical (unpaired) electrons. The number of ether oxygens (including phenoxy) is 1. The smallest absolute Gasteiger partial charge is 0.340 e. The van der Waals surface area contributed by atoms with Crippen molar-refractivity contribution in [3.05, 3.63) is 89.4 Å². The summed E-state index contributed by atoms with van der Waals surface area (Å²) in [5.41, 5.74) is -0.225. The van der Waals surface area contributed by atoms with Crippen LogP contribution in [0.25, 0.3) is 5.69 Å². The first kappa shape index (κ1) is 25.4. The zero-order valence-electron chi connectivity index (χ0n) is 18.4. The van der Waals surface area contributed by atoms with Gasteiger partial charge >= 0.3 is 17.3 Å². The molecule has 0 spiro atoms. The normalized spacial score (nSPS) is 11.4. The Hall–Kier alpha value is -3.21. The molecule has 178 valence electrons. The highest BCUT2D eigenvalue weighted by Crippen LogP contribution is 2.27. The largest absolute Gasteiger partial charge is 0.456 e. The van der Waals surface area contributed by atoms with Gasteiger partial charge in [-0.3, -0.25) is 9.13 Å². The molecule has 0 aliphatic heterocycles. The fourth-order valence-electron chi connectivity index (χ4n) is 2.91. The summed E-state index contributed by atoms with van der Waals surface area (Å²) in [6.45, 7) is 1.73. The molecule has 0 fully saturated rings. The second-order valence-electron chi connectivity index (χ2n) is 7.25. The molecule has 12 heteroatoms. The Bertz CT molecular complexity index is 1400. The first-order valence-corrected chi connectivity index (χ1v) is 11.0. The number of halogens is 2. The molecule has 0 amide bonds. The highest BCUT2D eigenvalue weighted by molar-refractivity contribution is 7.71. The van der Waals surface area contributed by atoms with Crippen molar-refractivity contribution in [3.8, 4) is 5.69 Å². The highest BCUT2D eigenvalue weighted by Gasteiger charge is 2.20. The standard InChI is InChI=1S/C22H20Cl2N4O5S/c1-13(25-33-12-14-7-5-4-6-8-14)11-32-19(29)15-9-18(17(24)10-16(15)23)28-20(30)26(2)22(34)27(3)21(28)31/h4-10H,11-12H2,1-3H3. The molecule has 0 saturated heterocycles. The van der Waals surface area contributed by atoms with Gasteiger partial charge in [0.2, 0.25) is 0 Å². The minimum absolute atomic E-state index is 0.00933. The maximum absolute atomic E-state index is 12.7. The van der Waals surface area contributed by atoms with E-state index in [1.807, 2.05) is 30.3 Å². The number of hydrogen-bond donors (Lipinski definition) is 0. The second-order valence-corrected chi connectivity index (χ2v) is 8.43. The van der Waals surface area contributed by atoms with E-state index in [0.717, 1.165) is 19.3 Å². The van der Waals surface area contributed by atoms with Crippen LogP contribution in [-0.4, -0.2) is 32.0 Å². The summed E-state index contributed by atoms with van der Waals surface area (Å²) in [4.78, 5) is 43.4. The van der Waals surface area contributed by atoms with Gasteiger partial charge in [0.15, 0.2) is 4.77 Å². The Balaban J connectivity index is 1.82. The van der Waals surface area contributed by atoms with Gasteiger partial charge in [-0.2, -0.15) is 0 Å². The van der Waals surface area contributed by atoms with E-state index in [0.29, 0.717) is 5.71 Å². The van der Waals surface area contributed by atoms with E-state index < -0.39 is 17.3 Å². The molecule has 1 aromatic heterocycles. The van der Waals surface area contributed by atoms with Crippen molar-refractivity contribution in [1.29, 1.82) is 0 Å². The van der Waals surface area contributed by atoms with Crippen molar-refractivity contribution in [3.63, 3.8) is 0 Å². The number of carbonyl (C=O) groups is 1. The Kier molecular flexibility index (Phi) is 8.08. The molecule has 34 heavy (non-hydrogen) atoms. The lowest BCUT2D eigenvalue weighted by Gasteiger charge is -2.14. The summed E-state index contributed by atoms with van der Waals surface area (Å²) in [6.07, 6.45) is 0. The monoisotopic (exact) mass is 522 g/mol. The molecule has 1 heterocycles. The topological polar surface area (TPSA) is 96.8 Å². The number of benzene rings is 2. The summed E-state index contributed by atoms with van der Waals surface area (Å²) < 4.78 is 8.30. The molecule has 0 aliphatic rings. The van der Waals surface area contributed by atoms with Crippen LogP contribution in [0, 0.1) is 4.77 Å². The summed E-state index contributed by atoms with van der Waals surface area (Å²) in [5, 5.41) is 3.90. The molecule has 0 bridgehead atoms. The van der Waals surface area contributed by atoms with Crippen LogP contribution >= 0.6 is 35.4 Å². The number of esters is 1. The number of aromatic nitrogens is 3. The predicted molar refractivity (Wildman–Crippen MR) is 132 cm³/mol. The van der Waals surface area contributed by atoms with Crippen molar-refractivity contribution in [2.45, 2.75) is 13.5 Å². The summed E-state index contributed by atoms with van der Waals surface area (Å²) in [7, 11) is 2.84. The lowest BCUT2D eigenvalue weighted by atomic mass is 10.2. The maximum atomic E-state index is 12.7. The quantitative estimate of drug-likeness (QED) is 0.203. The fourth-order valence-corrected chi connectivity index (χ4v) is 3.61. The van der Waals surface area contributed by atoms with Gasteiger partial charge in [-0.1, -0.05) is 58.7 Å². The van der Waals surface area contributed by atoms with Crippen LogP contribution in [0.3, 0.4) is 0 Å². The van der Waals surface area contributed by atoms with Crippen molar-refractivity contribution in [2.24, 2.45) is 19.3 Å². The molecule has 0 N–H and O–H groups in total. The maximum Gasteiger partial charge on any atom is 0.340 e. The van der Waals surface area contributed by atoms with E-state index in [-0.39, 0.29) is 39.3 Å². The van der Waals surface area contributed by atoms with Gasteiger partial charge < -0.3 is 9.57 Å². The molecule has 3 rings (SSSR count). The number of carbonyl (C=O) groups excluding carboxylic acids is 1. The number of rotatable bonds is 7. The Morgan fingerprint density at radius 3 is 2.26 bits per heavy atom. The third kappa shape index (κ3) is 5.46. The molecule has 0 unspecified atom stereocenters. The zero-order valence-corrected chi connectivity index (χ0v) is 20.8. The highest BCUT2D eigenvalue weighted by atomic mass is 35.5. The van der Waals surface area contributed by atoms with Gasteiger partial charge in [0, 0.05) is 14.1 Å². The third-order valence-corrected chi connectivity index (χ3v) is 5.90. The number of oxime groups is 1.